The van der Waals surface area contributed by atoms with Crippen LogP contribution in [0.15, 0.2) is 5.18 Å². The first-order valence-corrected chi connectivity index (χ1v) is 2.80. The van der Waals surface area contributed by atoms with Gasteiger partial charge in [-0.25, -0.2) is 0 Å². The molecule has 0 aliphatic carbocycles. The molecule has 0 fully saturated rings. The monoisotopic (exact) mass is 145 g/mol. The number of nitrogens with zero attached hydrogens (tertiary/aromatic N) is 1. The Morgan fingerprint density at radius 3 is 2.70 bits per heavy atom. The van der Waals surface area contributed by atoms with Crippen molar-refractivity contribution in [2.24, 2.45) is 16.6 Å². The first-order chi connectivity index (χ1) is 4.70. The average Bonchev–Trinajstić information content (AvgIpc) is 1.86. The molecular weight excluding hydrogens is 134 g/mol. The van der Waals surface area contributed by atoms with Gasteiger partial charge in [0.1, 0.15) is 6.54 Å². The third-order valence-electron chi connectivity index (χ3n) is 0.939. The standard InChI is InChI=1S/C4H11N5O/c5-1-3(2-8-10)9-4(6)7/h3H,1-2,5H2,(H4,6,7,9). The Morgan fingerprint density at radius 1 is 1.80 bits per heavy atom. The van der Waals surface area contributed by atoms with Crippen LogP contribution < -0.4 is 16.8 Å². The van der Waals surface area contributed by atoms with Crippen molar-refractivity contribution in [2.75, 3.05) is 13.1 Å². The molecule has 0 spiro atoms. The Kier molecular flexibility index (Phi) is 4.14. The van der Waals surface area contributed by atoms with E-state index in [1.54, 1.807) is 0 Å². The van der Waals surface area contributed by atoms with Gasteiger partial charge in [-0.3, -0.25) is 5.41 Å². The van der Waals surface area contributed by atoms with E-state index in [0.29, 0.717) is 0 Å². The topological polar surface area (TPSA) is 117 Å². The van der Waals surface area contributed by atoms with E-state index in [9.17, 15) is 4.91 Å². The minimum atomic E-state index is -0.310. The van der Waals surface area contributed by atoms with Gasteiger partial charge in [-0.15, -0.1) is 0 Å². The Balaban J connectivity index is 3.59. The molecule has 0 saturated carbocycles. The zero-order chi connectivity index (χ0) is 7.98. The highest BCUT2D eigenvalue weighted by Gasteiger charge is 2.04. The fraction of sp³-hybridized carbons (Fsp3) is 0.750. The third-order valence-corrected chi connectivity index (χ3v) is 0.939. The highest BCUT2D eigenvalue weighted by molar-refractivity contribution is 5.74. The van der Waals surface area contributed by atoms with Crippen LogP contribution in [0.2, 0.25) is 0 Å². The van der Waals surface area contributed by atoms with Crippen LogP contribution in [0.25, 0.3) is 0 Å². The molecular formula is C4H11N5O. The Morgan fingerprint density at radius 2 is 2.40 bits per heavy atom. The summed E-state index contributed by atoms with van der Waals surface area (Å²) in [5.41, 5.74) is 10.2. The van der Waals surface area contributed by atoms with Crippen molar-refractivity contribution in [3.8, 4) is 0 Å². The second kappa shape index (κ2) is 4.68. The number of hydrogen-bond donors (Lipinski definition) is 4. The maximum Gasteiger partial charge on any atom is 0.186 e. The molecule has 1 atom stereocenters. The molecule has 1 unspecified atom stereocenters. The predicted molar refractivity (Wildman–Crippen MR) is 38.6 cm³/mol. The molecule has 0 amide bonds. The number of nitroso groups, excluding NO2 is 1. The highest BCUT2D eigenvalue weighted by Crippen LogP contribution is 1.79. The lowest BCUT2D eigenvalue weighted by molar-refractivity contribution is 0.620. The van der Waals surface area contributed by atoms with E-state index in [2.05, 4.69) is 10.5 Å². The second-order valence-corrected chi connectivity index (χ2v) is 1.80. The van der Waals surface area contributed by atoms with Crippen LogP contribution in [0.3, 0.4) is 0 Å². The molecule has 0 aromatic heterocycles. The van der Waals surface area contributed by atoms with E-state index >= 15 is 0 Å². The van der Waals surface area contributed by atoms with E-state index in [-0.39, 0.29) is 25.1 Å². The zero-order valence-corrected chi connectivity index (χ0v) is 5.50. The van der Waals surface area contributed by atoms with Gasteiger partial charge in [-0.05, 0) is 0 Å². The van der Waals surface area contributed by atoms with E-state index in [4.69, 9.17) is 16.9 Å². The number of rotatable bonds is 4. The Hall–Kier alpha value is -1.17. The lowest BCUT2D eigenvalue weighted by atomic mass is 10.3. The highest BCUT2D eigenvalue weighted by atomic mass is 16.3. The maximum absolute atomic E-state index is 9.70. The van der Waals surface area contributed by atoms with Gasteiger partial charge in [-0.2, -0.15) is 4.91 Å². The normalized spacial score (nSPS) is 12.1. The lowest BCUT2D eigenvalue weighted by Crippen LogP contribution is -2.45. The summed E-state index contributed by atoms with van der Waals surface area (Å²) < 4.78 is 0. The van der Waals surface area contributed by atoms with Gasteiger partial charge >= 0.3 is 0 Å². The van der Waals surface area contributed by atoms with E-state index in [0.717, 1.165) is 0 Å². The molecule has 0 saturated heterocycles. The quantitative estimate of drug-likeness (QED) is 0.220. The molecule has 0 bridgehead atoms. The van der Waals surface area contributed by atoms with Crippen LogP contribution in [0, 0.1) is 10.3 Å². The van der Waals surface area contributed by atoms with Gasteiger partial charge in [0.15, 0.2) is 5.96 Å². The molecule has 0 aliphatic rings. The summed E-state index contributed by atoms with van der Waals surface area (Å²) in [6.45, 7) is 0.279. The van der Waals surface area contributed by atoms with E-state index in [1.807, 2.05) is 0 Å². The minimum absolute atomic E-state index is 0.0378. The van der Waals surface area contributed by atoms with Crippen LogP contribution in [-0.2, 0) is 0 Å². The van der Waals surface area contributed by atoms with Gasteiger partial charge < -0.3 is 16.8 Å². The molecule has 0 aromatic carbocycles. The summed E-state index contributed by atoms with van der Waals surface area (Å²) in [6.07, 6.45) is 0. The largest absolute Gasteiger partial charge is 0.370 e. The summed E-state index contributed by atoms with van der Waals surface area (Å²) in [5, 5.41) is 11.9. The number of nitrogens with two attached hydrogens (primary N) is 2. The summed E-state index contributed by atoms with van der Waals surface area (Å²) in [5.74, 6) is -0.195. The molecule has 6 heteroatoms. The van der Waals surface area contributed by atoms with E-state index in [1.165, 1.54) is 0 Å². The SMILES string of the molecule is N=C(N)NC(CN)CN=O. The minimum Gasteiger partial charge on any atom is -0.370 e. The Labute approximate surface area is 58.4 Å². The molecule has 6 nitrogen and oxygen atoms in total. The molecule has 0 aromatic rings. The molecule has 6 N–H and O–H groups in total. The predicted octanol–water partition coefficient (Wildman–Crippen LogP) is -1.44. The van der Waals surface area contributed by atoms with Crippen molar-refractivity contribution < 1.29 is 0 Å². The fourth-order valence-corrected chi connectivity index (χ4v) is 0.489. The van der Waals surface area contributed by atoms with Crippen molar-refractivity contribution in [2.45, 2.75) is 6.04 Å². The van der Waals surface area contributed by atoms with Crippen LogP contribution in [0.4, 0.5) is 0 Å². The molecule has 0 aliphatic heterocycles. The summed E-state index contributed by atoms with van der Waals surface area (Å²) in [4.78, 5) is 9.70. The lowest BCUT2D eigenvalue weighted by Gasteiger charge is -2.11. The first kappa shape index (κ1) is 8.83. The molecule has 0 radical (unpaired) electrons. The van der Waals surface area contributed by atoms with Crippen molar-refractivity contribution in [3.63, 3.8) is 0 Å². The molecule has 0 heterocycles. The smallest absolute Gasteiger partial charge is 0.186 e. The van der Waals surface area contributed by atoms with Crippen LogP contribution in [0.1, 0.15) is 0 Å². The summed E-state index contributed by atoms with van der Waals surface area (Å²) in [6, 6.07) is -0.310. The van der Waals surface area contributed by atoms with Crippen molar-refractivity contribution in [1.82, 2.24) is 5.32 Å². The van der Waals surface area contributed by atoms with E-state index < -0.39 is 0 Å². The van der Waals surface area contributed by atoms with Gasteiger partial charge in [-0.1, -0.05) is 5.18 Å². The van der Waals surface area contributed by atoms with Crippen LogP contribution in [0.5, 0.6) is 0 Å². The van der Waals surface area contributed by atoms with Crippen molar-refractivity contribution in [3.05, 3.63) is 4.91 Å². The zero-order valence-electron chi connectivity index (χ0n) is 5.50. The van der Waals surface area contributed by atoms with Gasteiger partial charge in [0.05, 0.1) is 6.04 Å². The number of guanidine groups is 1. The number of hydrogen-bond acceptors (Lipinski definition) is 4. The maximum atomic E-state index is 9.70. The molecule has 10 heavy (non-hydrogen) atoms. The summed E-state index contributed by atoms with van der Waals surface area (Å²) in [7, 11) is 0. The second-order valence-electron chi connectivity index (χ2n) is 1.80. The molecule has 58 valence electrons. The average molecular weight is 145 g/mol. The van der Waals surface area contributed by atoms with Crippen LogP contribution in [-0.4, -0.2) is 25.1 Å². The third kappa shape index (κ3) is 3.79. The molecule has 0 rings (SSSR count). The van der Waals surface area contributed by atoms with Crippen molar-refractivity contribution in [1.29, 1.82) is 5.41 Å². The van der Waals surface area contributed by atoms with Crippen molar-refractivity contribution >= 4 is 5.96 Å². The Bertz CT molecular complexity index is 125. The number of nitrogens with one attached hydrogen (secondary N) is 2. The van der Waals surface area contributed by atoms with Gasteiger partial charge in [0.2, 0.25) is 0 Å². The van der Waals surface area contributed by atoms with Gasteiger partial charge in [0, 0.05) is 6.54 Å². The van der Waals surface area contributed by atoms with Gasteiger partial charge in [0.25, 0.3) is 0 Å². The fourth-order valence-electron chi connectivity index (χ4n) is 0.489. The van der Waals surface area contributed by atoms with Crippen LogP contribution >= 0.6 is 0 Å². The first-order valence-electron chi connectivity index (χ1n) is 2.80. The summed E-state index contributed by atoms with van der Waals surface area (Å²) >= 11 is 0.